The van der Waals surface area contributed by atoms with Crippen LogP contribution in [0.1, 0.15) is 41.8 Å². The van der Waals surface area contributed by atoms with E-state index < -0.39 is 10.0 Å². The van der Waals surface area contributed by atoms with Gasteiger partial charge in [-0.15, -0.1) is 0 Å². The van der Waals surface area contributed by atoms with Crippen LogP contribution in [0.4, 0.5) is 0 Å². The maximum Gasteiger partial charge on any atom is 0.251 e. The molecule has 0 bridgehead atoms. The molecule has 0 aliphatic heterocycles. The lowest BCUT2D eigenvalue weighted by Crippen LogP contribution is -2.32. The fourth-order valence-corrected chi connectivity index (χ4v) is 3.84. The lowest BCUT2D eigenvalue weighted by molar-refractivity contribution is 0.0937. The summed E-state index contributed by atoms with van der Waals surface area (Å²) in [5.74, 6) is 0.290. The van der Waals surface area contributed by atoms with Gasteiger partial charge in [0.05, 0.1) is 17.7 Å². The van der Waals surface area contributed by atoms with Gasteiger partial charge < -0.3 is 9.73 Å². The molecule has 0 radical (unpaired) electrons. The molecule has 1 heterocycles. The Hall–Kier alpha value is -2.12. The molecular weight excluding hydrogens is 328 g/mol. The lowest BCUT2D eigenvalue weighted by atomic mass is 10.2. The monoisotopic (exact) mass is 348 g/mol. The molecule has 1 fully saturated rings. The molecule has 1 aromatic carbocycles. The minimum atomic E-state index is -3.71. The van der Waals surface area contributed by atoms with E-state index in [-0.39, 0.29) is 23.4 Å². The van der Waals surface area contributed by atoms with Crippen LogP contribution < -0.4 is 10.0 Å². The molecule has 1 aromatic heterocycles. The van der Waals surface area contributed by atoms with Crippen molar-refractivity contribution in [2.75, 3.05) is 0 Å². The Morgan fingerprint density at radius 2 is 1.96 bits per heavy atom. The van der Waals surface area contributed by atoms with Crippen molar-refractivity contribution < 1.29 is 17.6 Å². The minimum Gasteiger partial charge on any atom is -0.468 e. The van der Waals surface area contributed by atoms with Gasteiger partial charge in [-0.25, -0.2) is 13.1 Å². The Labute approximate surface area is 141 Å². The van der Waals surface area contributed by atoms with E-state index in [9.17, 15) is 13.2 Å². The van der Waals surface area contributed by atoms with Crippen LogP contribution in [0.2, 0.25) is 0 Å². The van der Waals surface area contributed by atoms with Gasteiger partial charge in [0, 0.05) is 11.6 Å². The molecule has 2 aromatic rings. The van der Waals surface area contributed by atoms with Gasteiger partial charge in [-0.2, -0.15) is 0 Å². The van der Waals surface area contributed by atoms with Gasteiger partial charge in [0.1, 0.15) is 5.76 Å². The normalized spacial score (nSPS) is 15.5. The van der Waals surface area contributed by atoms with E-state index in [1.54, 1.807) is 24.3 Å². The topological polar surface area (TPSA) is 88.4 Å². The molecule has 1 amide bonds. The second kappa shape index (κ2) is 7.19. The second-order valence-corrected chi connectivity index (χ2v) is 7.65. The number of benzene rings is 1. The summed E-state index contributed by atoms with van der Waals surface area (Å²) in [4.78, 5) is 12.3. The predicted octanol–water partition coefficient (Wildman–Crippen LogP) is 2.43. The van der Waals surface area contributed by atoms with Gasteiger partial charge >= 0.3 is 0 Å². The van der Waals surface area contributed by atoms with Gasteiger partial charge in [0.25, 0.3) is 5.91 Å². The van der Waals surface area contributed by atoms with Gasteiger partial charge in [0.2, 0.25) is 10.0 Å². The van der Waals surface area contributed by atoms with Crippen molar-refractivity contribution in [3.8, 4) is 0 Å². The zero-order chi connectivity index (χ0) is 17.0. The molecule has 1 saturated carbocycles. The predicted molar refractivity (Wildman–Crippen MR) is 88.9 cm³/mol. The third kappa shape index (κ3) is 4.04. The quantitative estimate of drug-likeness (QED) is 0.839. The number of carbonyl (C=O) groups is 1. The Bertz CT molecular complexity index is 794. The highest BCUT2D eigenvalue weighted by Gasteiger charge is 2.20. The van der Waals surface area contributed by atoms with E-state index in [1.165, 1.54) is 18.4 Å². The molecule has 6 nitrogen and oxygen atoms in total. The molecule has 2 N–H and O–H groups in total. The van der Waals surface area contributed by atoms with Crippen molar-refractivity contribution in [3.63, 3.8) is 0 Å². The Balaban J connectivity index is 1.70. The highest BCUT2D eigenvalue weighted by Crippen LogP contribution is 2.19. The minimum absolute atomic E-state index is 0.0631. The maximum atomic E-state index is 12.4. The van der Waals surface area contributed by atoms with Gasteiger partial charge in [-0.3, -0.25) is 4.79 Å². The molecule has 0 saturated heterocycles. The Morgan fingerprint density at radius 1 is 1.17 bits per heavy atom. The number of hydrogen-bond donors (Lipinski definition) is 2. The SMILES string of the molecule is O=C(NC1CCCC1)c1cccc(S(=O)(=O)NCc2ccco2)c1. The Kier molecular flexibility index (Phi) is 5.01. The maximum absolute atomic E-state index is 12.4. The first kappa shape index (κ1) is 16.7. The zero-order valence-electron chi connectivity index (χ0n) is 13.2. The number of rotatable bonds is 6. The third-order valence-corrected chi connectivity index (χ3v) is 5.51. The van der Waals surface area contributed by atoms with Crippen molar-refractivity contribution in [1.82, 2.24) is 10.0 Å². The average molecular weight is 348 g/mol. The van der Waals surface area contributed by atoms with Crippen molar-refractivity contribution in [2.24, 2.45) is 0 Å². The van der Waals surface area contributed by atoms with Crippen LogP contribution in [0.15, 0.2) is 52.0 Å². The summed E-state index contributed by atoms with van der Waals surface area (Å²) >= 11 is 0. The number of nitrogens with one attached hydrogen (secondary N) is 2. The van der Waals surface area contributed by atoms with Crippen LogP contribution in [-0.4, -0.2) is 20.4 Å². The number of amides is 1. The average Bonchev–Trinajstić information content (AvgIpc) is 3.27. The molecule has 0 unspecified atom stereocenters. The molecule has 0 spiro atoms. The fourth-order valence-electron chi connectivity index (χ4n) is 2.81. The highest BCUT2D eigenvalue weighted by atomic mass is 32.2. The molecule has 1 aliphatic rings. The van der Waals surface area contributed by atoms with Crippen LogP contribution in [0.5, 0.6) is 0 Å². The first-order valence-electron chi connectivity index (χ1n) is 7.97. The largest absolute Gasteiger partial charge is 0.468 e. The summed E-state index contributed by atoms with van der Waals surface area (Å²) in [6.07, 6.45) is 5.69. The van der Waals surface area contributed by atoms with E-state index in [0.29, 0.717) is 11.3 Å². The molecule has 128 valence electrons. The summed E-state index contributed by atoms with van der Waals surface area (Å²) in [6, 6.07) is 9.63. The van der Waals surface area contributed by atoms with Gasteiger partial charge in [-0.05, 0) is 43.2 Å². The second-order valence-electron chi connectivity index (χ2n) is 5.89. The molecule has 1 aliphatic carbocycles. The van der Waals surface area contributed by atoms with Crippen LogP contribution in [0, 0.1) is 0 Å². The standard InChI is InChI=1S/C17H20N2O4S/c20-17(19-14-6-1-2-7-14)13-5-3-9-16(11-13)24(21,22)18-12-15-8-4-10-23-15/h3-5,8-11,14,18H,1-2,6-7,12H2,(H,19,20). The summed E-state index contributed by atoms with van der Waals surface area (Å²) < 4.78 is 32.3. The summed E-state index contributed by atoms with van der Waals surface area (Å²) in [6.45, 7) is 0.0633. The van der Waals surface area contributed by atoms with E-state index in [4.69, 9.17) is 4.42 Å². The Morgan fingerprint density at radius 3 is 2.67 bits per heavy atom. The van der Waals surface area contributed by atoms with Crippen molar-refractivity contribution >= 4 is 15.9 Å². The van der Waals surface area contributed by atoms with Crippen LogP contribution >= 0.6 is 0 Å². The molecule has 3 rings (SSSR count). The van der Waals surface area contributed by atoms with E-state index in [0.717, 1.165) is 25.7 Å². The molecule has 7 heteroatoms. The first-order chi connectivity index (χ1) is 11.5. The van der Waals surface area contributed by atoms with Crippen molar-refractivity contribution in [1.29, 1.82) is 0 Å². The number of hydrogen-bond acceptors (Lipinski definition) is 4. The number of furan rings is 1. The summed E-state index contributed by atoms with van der Waals surface area (Å²) in [5, 5.41) is 2.96. The van der Waals surface area contributed by atoms with Crippen molar-refractivity contribution in [3.05, 3.63) is 54.0 Å². The lowest BCUT2D eigenvalue weighted by Gasteiger charge is -2.12. The number of sulfonamides is 1. The first-order valence-corrected chi connectivity index (χ1v) is 9.46. The highest BCUT2D eigenvalue weighted by molar-refractivity contribution is 7.89. The number of carbonyl (C=O) groups excluding carboxylic acids is 1. The third-order valence-electron chi connectivity index (χ3n) is 4.11. The fraction of sp³-hybridized carbons (Fsp3) is 0.353. The summed E-state index contributed by atoms with van der Waals surface area (Å²) in [7, 11) is -3.71. The van der Waals surface area contributed by atoms with E-state index in [2.05, 4.69) is 10.0 Å². The van der Waals surface area contributed by atoms with Gasteiger partial charge in [0.15, 0.2) is 0 Å². The summed E-state index contributed by atoms with van der Waals surface area (Å²) in [5.41, 5.74) is 0.350. The van der Waals surface area contributed by atoms with E-state index >= 15 is 0 Å². The zero-order valence-corrected chi connectivity index (χ0v) is 14.0. The van der Waals surface area contributed by atoms with Crippen molar-refractivity contribution in [2.45, 2.75) is 43.2 Å². The van der Waals surface area contributed by atoms with Crippen LogP contribution in [0.25, 0.3) is 0 Å². The molecule has 0 atom stereocenters. The van der Waals surface area contributed by atoms with Crippen LogP contribution in [0.3, 0.4) is 0 Å². The van der Waals surface area contributed by atoms with E-state index in [1.807, 2.05) is 0 Å². The molecule has 24 heavy (non-hydrogen) atoms. The smallest absolute Gasteiger partial charge is 0.251 e. The molecular formula is C17H20N2O4S. The van der Waals surface area contributed by atoms with Crippen LogP contribution in [-0.2, 0) is 16.6 Å². The van der Waals surface area contributed by atoms with Gasteiger partial charge in [-0.1, -0.05) is 18.9 Å².